The molecule has 136 valence electrons. The molecule has 3 heterocycles. The lowest BCUT2D eigenvalue weighted by atomic mass is 10.1. The first kappa shape index (κ1) is 17.0. The summed E-state index contributed by atoms with van der Waals surface area (Å²) in [6, 6.07) is 13.3. The van der Waals surface area contributed by atoms with E-state index >= 15 is 0 Å². The molecule has 7 heteroatoms. The van der Waals surface area contributed by atoms with E-state index in [1.165, 1.54) is 0 Å². The van der Waals surface area contributed by atoms with E-state index in [2.05, 4.69) is 20.5 Å². The molecular weight excluding hydrogens is 340 g/mol. The molecule has 7 nitrogen and oxygen atoms in total. The Morgan fingerprint density at radius 2 is 2.00 bits per heavy atom. The molecule has 1 aromatic carbocycles. The number of carbonyl (C=O) groups is 1. The Balaban J connectivity index is 1.46. The zero-order valence-electron chi connectivity index (χ0n) is 15.2. The van der Waals surface area contributed by atoms with Gasteiger partial charge in [0.2, 0.25) is 5.91 Å². The number of hydrogen-bond donors (Lipinski definition) is 1. The fourth-order valence-electron chi connectivity index (χ4n) is 3.17. The minimum atomic E-state index is -0.167. The summed E-state index contributed by atoms with van der Waals surface area (Å²) >= 11 is 0. The van der Waals surface area contributed by atoms with Crippen LogP contribution in [0.25, 0.3) is 16.7 Å². The fraction of sp³-hybridized carbons (Fsp3) is 0.200. The molecule has 0 bridgehead atoms. The van der Waals surface area contributed by atoms with Crippen molar-refractivity contribution in [2.75, 3.05) is 0 Å². The number of benzene rings is 1. The Morgan fingerprint density at radius 3 is 2.78 bits per heavy atom. The number of aromatic nitrogens is 5. The van der Waals surface area contributed by atoms with E-state index < -0.39 is 0 Å². The van der Waals surface area contributed by atoms with Gasteiger partial charge in [-0.3, -0.25) is 9.48 Å². The van der Waals surface area contributed by atoms with Gasteiger partial charge in [0.25, 0.3) is 0 Å². The highest BCUT2D eigenvalue weighted by molar-refractivity contribution is 5.80. The van der Waals surface area contributed by atoms with Crippen molar-refractivity contribution in [3.8, 4) is 5.82 Å². The molecule has 1 atom stereocenters. The van der Waals surface area contributed by atoms with E-state index in [0.717, 1.165) is 28.0 Å². The van der Waals surface area contributed by atoms with Crippen molar-refractivity contribution in [2.24, 2.45) is 0 Å². The highest BCUT2D eigenvalue weighted by Gasteiger charge is 2.17. The Bertz CT molecular complexity index is 1050. The Morgan fingerprint density at radius 1 is 1.19 bits per heavy atom. The summed E-state index contributed by atoms with van der Waals surface area (Å²) in [6.07, 6.45) is 5.39. The number of rotatable bonds is 5. The number of fused-ring (bicyclic) bond motifs is 1. The first-order valence-corrected chi connectivity index (χ1v) is 8.79. The van der Waals surface area contributed by atoms with Crippen LogP contribution in [-0.4, -0.2) is 30.5 Å². The minimum absolute atomic E-state index is 0.0970. The van der Waals surface area contributed by atoms with Crippen LogP contribution in [0.4, 0.5) is 0 Å². The number of nitrogens with zero attached hydrogens (tertiary/aromatic N) is 5. The van der Waals surface area contributed by atoms with Gasteiger partial charge in [0.15, 0.2) is 5.82 Å². The van der Waals surface area contributed by atoms with Crippen LogP contribution in [0.2, 0.25) is 0 Å². The molecule has 0 unspecified atom stereocenters. The minimum Gasteiger partial charge on any atom is -0.348 e. The van der Waals surface area contributed by atoms with Crippen molar-refractivity contribution in [3.05, 3.63) is 72.3 Å². The summed E-state index contributed by atoms with van der Waals surface area (Å²) in [5, 5.41) is 12.9. The third-order valence-corrected chi connectivity index (χ3v) is 4.52. The van der Waals surface area contributed by atoms with Crippen LogP contribution in [0.1, 0.15) is 24.2 Å². The molecule has 0 saturated heterocycles. The van der Waals surface area contributed by atoms with Crippen molar-refractivity contribution in [1.29, 1.82) is 0 Å². The number of amides is 1. The van der Waals surface area contributed by atoms with Crippen molar-refractivity contribution < 1.29 is 4.79 Å². The maximum absolute atomic E-state index is 12.4. The third-order valence-electron chi connectivity index (χ3n) is 4.52. The molecule has 1 N–H and O–H groups in total. The summed E-state index contributed by atoms with van der Waals surface area (Å²) in [6.45, 7) is 4.09. The van der Waals surface area contributed by atoms with E-state index in [1.54, 1.807) is 21.8 Å². The van der Waals surface area contributed by atoms with Crippen LogP contribution in [0, 0.1) is 6.92 Å². The van der Waals surface area contributed by atoms with Gasteiger partial charge in [-0.1, -0.05) is 24.3 Å². The van der Waals surface area contributed by atoms with Gasteiger partial charge in [-0.15, -0.1) is 0 Å². The topological polar surface area (TPSA) is 77.6 Å². The largest absolute Gasteiger partial charge is 0.348 e. The van der Waals surface area contributed by atoms with Gasteiger partial charge in [-0.25, -0.2) is 9.67 Å². The summed E-state index contributed by atoms with van der Waals surface area (Å²) < 4.78 is 3.44. The molecule has 0 saturated carbocycles. The second kappa shape index (κ2) is 7.03. The molecule has 0 fully saturated rings. The molecule has 0 aliphatic heterocycles. The van der Waals surface area contributed by atoms with E-state index in [0.29, 0.717) is 0 Å². The summed E-state index contributed by atoms with van der Waals surface area (Å²) in [5.74, 6) is 0.656. The van der Waals surface area contributed by atoms with Crippen LogP contribution in [0.3, 0.4) is 0 Å². The summed E-state index contributed by atoms with van der Waals surface area (Å²) in [4.78, 5) is 16.8. The molecule has 4 rings (SSSR count). The normalized spacial score (nSPS) is 12.2. The maximum atomic E-state index is 12.4. The van der Waals surface area contributed by atoms with Gasteiger partial charge in [0.05, 0.1) is 17.8 Å². The molecule has 0 aliphatic carbocycles. The Kier molecular flexibility index (Phi) is 4.42. The van der Waals surface area contributed by atoms with Crippen molar-refractivity contribution in [1.82, 2.24) is 29.9 Å². The monoisotopic (exact) mass is 360 g/mol. The molecular formula is C20H20N6O. The van der Waals surface area contributed by atoms with Gasteiger partial charge in [-0.05, 0) is 32.0 Å². The molecule has 0 radical (unpaired) electrons. The molecule has 0 aliphatic rings. The van der Waals surface area contributed by atoms with E-state index in [4.69, 9.17) is 0 Å². The molecule has 4 aromatic rings. The van der Waals surface area contributed by atoms with Crippen LogP contribution in [0.15, 0.2) is 61.1 Å². The Hall–Kier alpha value is -3.48. The lowest BCUT2D eigenvalue weighted by Crippen LogP contribution is -2.30. The highest BCUT2D eigenvalue weighted by Crippen LogP contribution is 2.19. The number of hydrogen-bond acceptors (Lipinski definition) is 4. The third kappa shape index (κ3) is 3.44. The zero-order chi connectivity index (χ0) is 18.8. The first-order valence-electron chi connectivity index (χ1n) is 8.79. The SMILES string of the molecule is Cc1c([C@H](C)NC(=O)Cn2cc3ccccc3n2)cnn1-c1ccccn1. The van der Waals surface area contributed by atoms with Crippen LogP contribution in [0.5, 0.6) is 0 Å². The van der Waals surface area contributed by atoms with Gasteiger partial charge in [-0.2, -0.15) is 10.2 Å². The maximum Gasteiger partial charge on any atom is 0.242 e. The lowest BCUT2D eigenvalue weighted by Gasteiger charge is -2.14. The van der Waals surface area contributed by atoms with E-state index in [9.17, 15) is 4.79 Å². The predicted molar refractivity (Wildman–Crippen MR) is 102 cm³/mol. The molecule has 3 aromatic heterocycles. The van der Waals surface area contributed by atoms with Gasteiger partial charge in [0, 0.05) is 29.0 Å². The van der Waals surface area contributed by atoms with Gasteiger partial charge >= 0.3 is 0 Å². The van der Waals surface area contributed by atoms with Crippen LogP contribution in [-0.2, 0) is 11.3 Å². The standard InChI is InChI=1S/C20H20N6O/c1-14(17-11-22-26(15(17)2)19-9-5-6-10-21-19)23-20(27)13-25-12-16-7-3-4-8-18(16)24-25/h3-12,14H,13H2,1-2H3,(H,23,27)/t14-/m0/s1. The number of pyridine rings is 1. The average molecular weight is 360 g/mol. The average Bonchev–Trinajstić information content (AvgIpc) is 3.25. The summed E-state index contributed by atoms with van der Waals surface area (Å²) in [5.41, 5.74) is 2.79. The van der Waals surface area contributed by atoms with Crippen molar-refractivity contribution in [3.63, 3.8) is 0 Å². The lowest BCUT2D eigenvalue weighted by molar-refractivity contribution is -0.122. The zero-order valence-corrected chi connectivity index (χ0v) is 15.2. The first-order chi connectivity index (χ1) is 13.1. The number of nitrogens with one attached hydrogen (secondary N) is 1. The molecule has 1 amide bonds. The van der Waals surface area contributed by atoms with Crippen LogP contribution >= 0.6 is 0 Å². The molecule has 27 heavy (non-hydrogen) atoms. The summed E-state index contributed by atoms with van der Waals surface area (Å²) in [7, 11) is 0. The van der Waals surface area contributed by atoms with Crippen molar-refractivity contribution >= 4 is 16.8 Å². The van der Waals surface area contributed by atoms with E-state index in [-0.39, 0.29) is 18.5 Å². The fourth-order valence-corrected chi connectivity index (χ4v) is 3.17. The highest BCUT2D eigenvalue weighted by atomic mass is 16.2. The Labute approximate surface area is 156 Å². The van der Waals surface area contributed by atoms with Crippen molar-refractivity contribution in [2.45, 2.75) is 26.4 Å². The quantitative estimate of drug-likeness (QED) is 0.594. The molecule has 0 spiro atoms. The van der Waals surface area contributed by atoms with Crippen LogP contribution < -0.4 is 5.32 Å². The second-order valence-corrected chi connectivity index (χ2v) is 6.46. The smallest absolute Gasteiger partial charge is 0.242 e. The van der Waals surface area contributed by atoms with E-state index in [1.807, 2.05) is 62.5 Å². The number of carbonyl (C=O) groups excluding carboxylic acids is 1. The van der Waals surface area contributed by atoms with Gasteiger partial charge in [0.1, 0.15) is 6.54 Å². The van der Waals surface area contributed by atoms with Gasteiger partial charge < -0.3 is 5.32 Å². The predicted octanol–water partition coefficient (Wildman–Crippen LogP) is 2.80. The second-order valence-electron chi connectivity index (χ2n) is 6.46.